The first-order valence-corrected chi connectivity index (χ1v) is 6.67. The van der Waals surface area contributed by atoms with Crippen molar-refractivity contribution >= 4 is 0 Å². The van der Waals surface area contributed by atoms with Crippen molar-refractivity contribution < 1.29 is 5.11 Å². The van der Waals surface area contributed by atoms with Gasteiger partial charge in [-0.3, -0.25) is 4.90 Å². The van der Waals surface area contributed by atoms with Gasteiger partial charge in [0, 0.05) is 25.7 Å². The minimum absolute atomic E-state index is 0.322. The predicted molar refractivity (Wildman–Crippen MR) is 66.4 cm³/mol. The first kappa shape index (κ1) is 12.3. The average Bonchev–Trinajstić information content (AvgIpc) is 2.58. The molecule has 2 heterocycles. The van der Waals surface area contributed by atoms with Crippen molar-refractivity contribution in [2.45, 2.75) is 45.3 Å². The van der Waals surface area contributed by atoms with Crippen molar-refractivity contribution in [2.75, 3.05) is 26.2 Å². The van der Waals surface area contributed by atoms with E-state index >= 15 is 0 Å². The molecule has 2 N–H and O–H groups in total. The zero-order valence-electron chi connectivity index (χ0n) is 10.9. The van der Waals surface area contributed by atoms with Crippen LogP contribution in [0.3, 0.4) is 0 Å². The summed E-state index contributed by atoms with van der Waals surface area (Å²) >= 11 is 0. The van der Waals surface area contributed by atoms with Crippen LogP contribution in [0, 0.1) is 11.8 Å². The minimum Gasteiger partial charge on any atom is -0.389 e. The zero-order valence-corrected chi connectivity index (χ0v) is 10.9. The van der Waals surface area contributed by atoms with Crippen LogP contribution in [0.15, 0.2) is 0 Å². The molecule has 0 aromatic rings. The normalized spacial score (nSPS) is 35.1. The number of fused-ring (bicyclic) bond motifs is 1. The molecule has 94 valence electrons. The molecule has 2 rings (SSSR count). The number of nitrogens with one attached hydrogen (secondary N) is 1. The molecule has 2 fully saturated rings. The number of hydrogen-bond acceptors (Lipinski definition) is 3. The van der Waals surface area contributed by atoms with Crippen LogP contribution in [0.5, 0.6) is 0 Å². The molecular formula is C13H26N2O. The topological polar surface area (TPSA) is 35.5 Å². The van der Waals surface area contributed by atoms with E-state index < -0.39 is 5.60 Å². The number of rotatable bonds is 3. The Morgan fingerprint density at radius 2 is 2.19 bits per heavy atom. The molecule has 2 aliphatic heterocycles. The summed E-state index contributed by atoms with van der Waals surface area (Å²) in [5, 5.41) is 13.9. The molecule has 3 heteroatoms. The minimum atomic E-state index is -0.548. The average molecular weight is 226 g/mol. The molecule has 0 radical (unpaired) electrons. The van der Waals surface area contributed by atoms with E-state index in [1.807, 2.05) is 6.92 Å². The highest BCUT2D eigenvalue weighted by Crippen LogP contribution is 2.27. The van der Waals surface area contributed by atoms with Crippen molar-refractivity contribution in [3.63, 3.8) is 0 Å². The Balaban J connectivity index is 1.88. The van der Waals surface area contributed by atoms with Crippen molar-refractivity contribution in [3.8, 4) is 0 Å². The summed E-state index contributed by atoms with van der Waals surface area (Å²) in [7, 11) is 0. The van der Waals surface area contributed by atoms with E-state index in [4.69, 9.17) is 0 Å². The zero-order chi connectivity index (χ0) is 11.8. The number of aliphatic hydroxyl groups is 1. The number of nitrogens with zero attached hydrogens (tertiary/aromatic N) is 1. The van der Waals surface area contributed by atoms with Crippen molar-refractivity contribution in [3.05, 3.63) is 0 Å². The van der Waals surface area contributed by atoms with E-state index in [9.17, 15) is 5.11 Å². The van der Waals surface area contributed by atoms with Crippen LogP contribution in [-0.4, -0.2) is 47.8 Å². The monoisotopic (exact) mass is 226 g/mol. The number of likely N-dealkylation sites (tertiary alicyclic amines) is 1. The molecule has 0 aliphatic carbocycles. The molecule has 2 saturated heterocycles. The lowest BCUT2D eigenvalue weighted by Gasteiger charge is -2.32. The predicted octanol–water partition coefficient (Wildman–Crippen LogP) is 1.08. The first-order valence-electron chi connectivity index (χ1n) is 6.67. The molecule has 3 atom stereocenters. The van der Waals surface area contributed by atoms with E-state index in [1.165, 1.54) is 25.9 Å². The van der Waals surface area contributed by atoms with Gasteiger partial charge in [0.25, 0.3) is 0 Å². The Morgan fingerprint density at radius 1 is 1.44 bits per heavy atom. The summed E-state index contributed by atoms with van der Waals surface area (Å²) in [6.07, 6.45) is 2.67. The quantitative estimate of drug-likeness (QED) is 0.756. The van der Waals surface area contributed by atoms with Crippen LogP contribution >= 0.6 is 0 Å². The van der Waals surface area contributed by atoms with E-state index in [2.05, 4.69) is 24.1 Å². The Bertz CT molecular complexity index is 226. The summed E-state index contributed by atoms with van der Waals surface area (Å²) < 4.78 is 0. The molecular weight excluding hydrogens is 200 g/mol. The highest BCUT2D eigenvalue weighted by Gasteiger charge is 2.37. The van der Waals surface area contributed by atoms with Gasteiger partial charge in [-0.05, 0) is 38.1 Å². The van der Waals surface area contributed by atoms with Gasteiger partial charge >= 0.3 is 0 Å². The fraction of sp³-hybridized carbons (Fsp3) is 1.00. The van der Waals surface area contributed by atoms with Gasteiger partial charge in [-0.15, -0.1) is 0 Å². The standard InChI is InChI=1S/C13H26N2O/c1-10(2)13(3,16)9-15-7-11-5-4-6-14-12(11)8-15/h10-12,14,16H,4-9H2,1-3H3/t11-,12+,13?/m0/s1. The molecule has 2 aliphatic rings. The summed E-state index contributed by atoms with van der Waals surface area (Å²) in [5.74, 6) is 1.14. The summed E-state index contributed by atoms with van der Waals surface area (Å²) in [4.78, 5) is 2.44. The third-order valence-electron chi connectivity index (χ3n) is 4.46. The van der Waals surface area contributed by atoms with E-state index in [0.29, 0.717) is 12.0 Å². The van der Waals surface area contributed by atoms with Gasteiger partial charge in [0.05, 0.1) is 5.60 Å². The summed E-state index contributed by atoms with van der Waals surface area (Å²) in [6, 6.07) is 0.678. The molecule has 0 amide bonds. The van der Waals surface area contributed by atoms with Crippen LogP contribution in [0.1, 0.15) is 33.6 Å². The van der Waals surface area contributed by atoms with Gasteiger partial charge < -0.3 is 10.4 Å². The van der Waals surface area contributed by atoms with Gasteiger partial charge in [-0.25, -0.2) is 0 Å². The van der Waals surface area contributed by atoms with E-state index in [1.54, 1.807) is 0 Å². The highest BCUT2D eigenvalue weighted by molar-refractivity contribution is 4.94. The lowest BCUT2D eigenvalue weighted by molar-refractivity contribution is -0.0145. The van der Waals surface area contributed by atoms with Gasteiger partial charge in [0.2, 0.25) is 0 Å². The lowest BCUT2D eigenvalue weighted by Crippen LogP contribution is -2.45. The maximum Gasteiger partial charge on any atom is 0.0768 e. The summed E-state index contributed by atoms with van der Waals surface area (Å²) in [6.45, 7) is 10.4. The van der Waals surface area contributed by atoms with E-state index in [-0.39, 0.29) is 0 Å². The fourth-order valence-electron chi connectivity index (χ4n) is 2.90. The molecule has 3 nitrogen and oxygen atoms in total. The van der Waals surface area contributed by atoms with Crippen molar-refractivity contribution in [1.29, 1.82) is 0 Å². The number of β-amino-alcohol motifs (C(OH)–C–C–N with tert-alkyl or cyclic N) is 1. The second kappa shape index (κ2) is 4.63. The fourth-order valence-corrected chi connectivity index (χ4v) is 2.90. The molecule has 1 unspecified atom stereocenters. The molecule has 0 aromatic heterocycles. The van der Waals surface area contributed by atoms with Crippen LogP contribution < -0.4 is 5.32 Å². The van der Waals surface area contributed by atoms with Crippen LogP contribution in [0.4, 0.5) is 0 Å². The van der Waals surface area contributed by atoms with E-state index in [0.717, 1.165) is 19.0 Å². The van der Waals surface area contributed by atoms with Gasteiger partial charge in [-0.2, -0.15) is 0 Å². The molecule has 16 heavy (non-hydrogen) atoms. The number of piperidine rings is 1. The maximum atomic E-state index is 10.3. The van der Waals surface area contributed by atoms with Gasteiger partial charge in [-0.1, -0.05) is 13.8 Å². The maximum absolute atomic E-state index is 10.3. The summed E-state index contributed by atoms with van der Waals surface area (Å²) in [5.41, 5.74) is -0.548. The smallest absolute Gasteiger partial charge is 0.0768 e. The lowest BCUT2D eigenvalue weighted by atomic mass is 9.92. The molecule has 0 aromatic carbocycles. The Kier molecular flexibility index (Phi) is 3.57. The second-order valence-electron chi connectivity index (χ2n) is 6.17. The Morgan fingerprint density at radius 3 is 2.81 bits per heavy atom. The Hall–Kier alpha value is -0.120. The van der Waals surface area contributed by atoms with Gasteiger partial charge in [0.1, 0.15) is 0 Å². The first-order chi connectivity index (χ1) is 7.49. The molecule has 0 bridgehead atoms. The van der Waals surface area contributed by atoms with Crippen LogP contribution in [-0.2, 0) is 0 Å². The van der Waals surface area contributed by atoms with Crippen LogP contribution in [0.2, 0.25) is 0 Å². The third-order valence-corrected chi connectivity index (χ3v) is 4.46. The molecule has 0 spiro atoms. The largest absolute Gasteiger partial charge is 0.389 e. The molecule has 0 saturated carbocycles. The third kappa shape index (κ3) is 2.58. The Labute approximate surface area is 99.2 Å². The van der Waals surface area contributed by atoms with Gasteiger partial charge in [0.15, 0.2) is 0 Å². The van der Waals surface area contributed by atoms with Crippen molar-refractivity contribution in [2.24, 2.45) is 11.8 Å². The highest BCUT2D eigenvalue weighted by atomic mass is 16.3. The van der Waals surface area contributed by atoms with Crippen molar-refractivity contribution in [1.82, 2.24) is 10.2 Å². The van der Waals surface area contributed by atoms with Crippen LogP contribution in [0.25, 0.3) is 0 Å². The SMILES string of the molecule is CC(C)C(C)(O)CN1C[C@@H]2CCCN[C@@H]2C1. The second-order valence-corrected chi connectivity index (χ2v) is 6.17. The number of hydrogen-bond donors (Lipinski definition) is 2.